The fourth-order valence-electron chi connectivity index (χ4n) is 1.91. The fraction of sp³-hybridized carbons (Fsp3) is 0.600. The predicted octanol–water partition coefficient (Wildman–Crippen LogP) is 2.35. The summed E-state index contributed by atoms with van der Waals surface area (Å²) in [5, 5.41) is 0.964. The highest BCUT2D eigenvalue weighted by atomic mass is 28.3. The third kappa shape index (κ3) is 4.62. The zero-order valence-electron chi connectivity index (χ0n) is 13.8. The molecule has 1 aromatic heterocycles. The van der Waals surface area contributed by atoms with E-state index in [1.165, 1.54) is 0 Å². The molecule has 0 bridgehead atoms. The number of hydrogen-bond donors (Lipinski definition) is 0. The van der Waals surface area contributed by atoms with Crippen molar-refractivity contribution in [3.05, 3.63) is 17.2 Å². The quantitative estimate of drug-likeness (QED) is 0.319. The smallest absolute Gasteiger partial charge is 0.219 e. The Kier molecular flexibility index (Phi) is 6.51. The molecule has 5 nitrogen and oxygen atoms in total. The molecule has 1 rings (SSSR count). The molecule has 118 valence electrons. The van der Waals surface area contributed by atoms with Crippen molar-refractivity contribution in [3.63, 3.8) is 0 Å². The van der Waals surface area contributed by atoms with Crippen LogP contribution in [0.3, 0.4) is 0 Å². The van der Waals surface area contributed by atoms with Gasteiger partial charge in [0.25, 0.3) is 0 Å². The van der Waals surface area contributed by atoms with Crippen LogP contribution in [-0.4, -0.2) is 39.9 Å². The molecular formula is C15H25NO4Si. The molecule has 6 heteroatoms. The molecule has 0 amide bonds. The zero-order chi connectivity index (χ0) is 16.0. The first-order valence-corrected chi connectivity index (χ1v) is 10.5. The Balaban J connectivity index is 3.34. The Morgan fingerprint density at radius 2 is 1.95 bits per heavy atom. The summed E-state index contributed by atoms with van der Waals surface area (Å²) in [5.74, 6) is 0.550. The van der Waals surface area contributed by atoms with E-state index in [1.54, 1.807) is 14.2 Å². The van der Waals surface area contributed by atoms with E-state index in [9.17, 15) is 4.79 Å². The average molecular weight is 311 g/mol. The van der Waals surface area contributed by atoms with Crippen molar-refractivity contribution in [3.8, 4) is 5.88 Å². The van der Waals surface area contributed by atoms with Crippen LogP contribution in [0.2, 0.25) is 19.6 Å². The monoisotopic (exact) mass is 311 g/mol. The molecule has 0 spiro atoms. The van der Waals surface area contributed by atoms with E-state index >= 15 is 0 Å². The fourth-order valence-corrected chi connectivity index (χ4v) is 2.92. The van der Waals surface area contributed by atoms with Crippen molar-refractivity contribution >= 4 is 19.2 Å². The summed E-state index contributed by atoms with van der Waals surface area (Å²) in [6, 6.07) is 1.91. The highest BCUT2D eigenvalue weighted by Gasteiger charge is 2.25. The number of hydrogen-bond acceptors (Lipinski definition) is 5. The molecule has 0 aromatic carbocycles. The van der Waals surface area contributed by atoms with Gasteiger partial charge in [-0.05, 0) is 6.07 Å². The molecule has 0 saturated heterocycles. The van der Waals surface area contributed by atoms with Gasteiger partial charge in [-0.25, -0.2) is 4.98 Å². The zero-order valence-corrected chi connectivity index (χ0v) is 14.8. The lowest BCUT2D eigenvalue weighted by Crippen LogP contribution is -2.41. The topological polar surface area (TPSA) is 57.7 Å². The van der Waals surface area contributed by atoms with Gasteiger partial charge in [-0.3, -0.25) is 4.79 Å². The molecular weight excluding hydrogens is 286 g/mol. The maximum atomic E-state index is 12.3. The van der Waals surface area contributed by atoms with Gasteiger partial charge in [-0.2, -0.15) is 0 Å². The van der Waals surface area contributed by atoms with Crippen LogP contribution in [0, 0.1) is 0 Å². The van der Waals surface area contributed by atoms with Gasteiger partial charge in [0.05, 0.1) is 19.3 Å². The standard InChI is InChI=1S/C15H25NO4Si/c1-7-13(17)11-8-14(21(4,5)6)16-15(19-3)12(11)9-20-10-18-2/h8H,7,9-10H2,1-6H3. The van der Waals surface area contributed by atoms with Crippen LogP contribution in [0.25, 0.3) is 0 Å². The summed E-state index contributed by atoms with van der Waals surface area (Å²) in [6.45, 7) is 8.83. The minimum Gasteiger partial charge on any atom is -0.481 e. The Morgan fingerprint density at radius 3 is 2.43 bits per heavy atom. The first kappa shape index (κ1) is 17.8. The summed E-state index contributed by atoms with van der Waals surface area (Å²) < 4.78 is 15.7. The third-order valence-electron chi connectivity index (χ3n) is 3.12. The summed E-state index contributed by atoms with van der Waals surface area (Å²) in [5.41, 5.74) is 1.35. The maximum absolute atomic E-state index is 12.3. The molecule has 1 aromatic rings. The van der Waals surface area contributed by atoms with E-state index in [0.29, 0.717) is 23.4 Å². The number of aromatic nitrogens is 1. The number of pyridine rings is 1. The van der Waals surface area contributed by atoms with E-state index in [-0.39, 0.29) is 19.2 Å². The minimum atomic E-state index is -1.64. The number of Topliss-reactive ketones (excluding diaryl/α,β-unsaturated/α-hetero) is 1. The Labute approximate surface area is 127 Å². The number of ether oxygens (including phenoxy) is 3. The number of nitrogens with zero attached hydrogens (tertiary/aromatic N) is 1. The van der Waals surface area contributed by atoms with Gasteiger partial charge in [0.15, 0.2) is 5.78 Å². The average Bonchev–Trinajstić information content (AvgIpc) is 2.45. The number of methoxy groups -OCH3 is 2. The Hall–Kier alpha value is -1.24. The number of carbonyl (C=O) groups is 1. The minimum absolute atomic E-state index is 0.0752. The van der Waals surface area contributed by atoms with E-state index < -0.39 is 8.07 Å². The number of rotatable bonds is 8. The molecule has 1 heterocycles. The lowest BCUT2D eigenvalue weighted by atomic mass is 10.0. The van der Waals surface area contributed by atoms with Crippen LogP contribution < -0.4 is 10.1 Å². The first-order valence-electron chi connectivity index (χ1n) is 7.03. The van der Waals surface area contributed by atoms with Crippen LogP contribution in [0.4, 0.5) is 0 Å². The number of ketones is 1. The largest absolute Gasteiger partial charge is 0.481 e. The van der Waals surface area contributed by atoms with E-state index in [4.69, 9.17) is 14.2 Å². The third-order valence-corrected chi connectivity index (χ3v) is 4.91. The second kappa shape index (κ2) is 7.68. The SMILES string of the molecule is CCC(=O)c1cc([Si](C)(C)C)nc(OC)c1COCOC. The molecule has 0 aliphatic carbocycles. The van der Waals surface area contributed by atoms with Crippen LogP contribution in [0.5, 0.6) is 5.88 Å². The maximum Gasteiger partial charge on any atom is 0.219 e. The van der Waals surface area contributed by atoms with Gasteiger partial charge in [-0.15, -0.1) is 0 Å². The molecule has 0 aliphatic rings. The molecule has 0 aliphatic heterocycles. The van der Waals surface area contributed by atoms with E-state index in [0.717, 1.165) is 5.32 Å². The van der Waals surface area contributed by atoms with Gasteiger partial charge < -0.3 is 14.2 Å². The molecule has 0 saturated carbocycles. The molecule has 21 heavy (non-hydrogen) atoms. The van der Waals surface area contributed by atoms with Crippen LogP contribution in [0.1, 0.15) is 29.3 Å². The van der Waals surface area contributed by atoms with Crippen molar-refractivity contribution in [2.75, 3.05) is 21.0 Å². The highest BCUT2D eigenvalue weighted by molar-refractivity contribution is 6.88. The summed E-state index contributed by atoms with van der Waals surface area (Å²) in [4.78, 5) is 16.8. The van der Waals surface area contributed by atoms with Crippen molar-refractivity contribution in [1.29, 1.82) is 0 Å². The van der Waals surface area contributed by atoms with Crippen molar-refractivity contribution in [2.45, 2.75) is 39.6 Å². The van der Waals surface area contributed by atoms with Crippen molar-refractivity contribution < 1.29 is 19.0 Å². The lowest BCUT2D eigenvalue weighted by Gasteiger charge is -2.20. The van der Waals surface area contributed by atoms with Gasteiger partial charge in [0.2, 0.25) is 5.88 Å². The summed E-state index contributed by atoms with van der Waals surface area (Å²) in [6.07, 6.45) is 0.440. The summed E-state index contributed by atoms with van der Waals surface area (Å²) >= 11 is 0. The molecule has 0 atom stereocenters. The Morgan fingerprint density at radius 1 is 1.29 bits per heavy atom. The summed E-state index contributed by atoms with van der Waals surface area (Å²) in [7, 11) is 1.48. The Bertz CT molecular complexity index is 497. The normalized spacial score (nSPS) is 11.5. The second-order valence-electron chi connectivity index (χ2n) is 5.82. The van der Waals surface area contributed by atoms with Crippen LogP contribution in [0.15, 0.2) is 6.07 Å². The van der Waals surface area contributed by atoms with Crippen LogP contribution in [-0.2, 0) is 16.1 Å². The molecule has 0 unspecified atom stereocenters. The van der Waals surface area contributed by atoms with Gasteiger partial charge in [-0.1, -0.05) is 26.6 Å². The first-order chi connectivity index (χ1) is 9.85. The molecule has 0 radical (unpaired) electrons. The van der Waals surface area contributed by atoms with Crippen molar-refractivity contribution in [2.24, 2.45) is 0 Å². The van der Waals surface area contributed by atoms with Gasteiger partial charge in [0, 0.05) is 24.4 Å². The van der Waals surface area contributed by atoms with E-state index in [1.807, 2.05) is 13.0 Å². The highest BCUT2D eigenvalue weighted by Crippen LogP contribution is 2.22. The molecule has 0 fully saturated rings. The number of carbonyl (C=O) groups excluding carboxylic acids is 1. The molecule has 0 N–H and O–H groups in total. The van der Waals surface area contributed by atoms with Gasteiger partial charge >= 0.3 is 0 Å². The van der Waals surface area contributed by atoms with E-state index in [2.05, 4.69) is 24.6 Å². The predicted molar refractivity (Wildman–Crippen MR) is 85.1 cm³/mol. The van der Waals surface area contributed by atoms with Crippen molar-refractivity contribution in [1.82, 2.24) is 4.98 Å². The van der Waals surface area contributed by atoms with Gasteiger partial charge in [0.1, 0.15) is 14.9 Å². The second-order valence-corrected chi connectivity index (χ2v) is 10.8. The lowest BCUT2D eigenvalue weighted by molar-refractivity contribution is -0.0397. The van der Waals surface area contributed by atoms with Crippen LogP contribution >= 0.6 is 0 Å².